The Bertz CT molecular complexity index is 1180. The van der Waals surface area contributed by atoms with Crippen molar-refractivity contribution < 1.29 is 9.59 Å². The Balaban J connectivity index is 1.31. The molecule has 2 amide bonds. The number of benzene rings is 2. The lowest BCUT2D eigenvalue weighted by Gasteiger charge is -2.40. The van der Waals surface area contributed by atoms with Gasteiger partial charge in [-0.1, -0.05) is 18.2 Å². The van der Waals surface area contributed by atoms with Gasteiger partial charge in [0.1, 0.15) is 0 Å². The van der Waals surface area contributed by atoms with Crippen LogP contribution in [0.2, 0.25) is 0 Å². The number of nitrogens with one attached hydrogen (secondary N) is 2. The predicted molar refractivity (Wildman–Crippen MR) is 124 cm³/mol. The Morgan fingerprint density at radius 2 is 1.75 bits per heavy atom. The molecule has 1 saturated carbocycles. The molecule has 2 N–H and O–H groups in total. The average Bonchev–Trinajstić information content (AvgIpc) is 3.10. The number of carbonyl (C=O) groups excluding carboxylic acids is 2. The van der Waals surface area contributed by atoms with Gasteiger partial charge in [0.2, 0.25) is 5.91 Å². The highest BCUT2D eigenvalue weighted by atomic mass is 16.2. The Morgan fingerprint density at radius 1 is 1.03 bits per heavy atom. The molecule has 5 rings (SSSR count). The van der Waals surface area contributed by atoms with E-state index in [9.17, 15) is 9.59 Å². The largest absolute Gasteiger partial charge is 0.353 e. The van der Waals surface area contributed by atoms with Gasteiger partial charge in [-0.15, -0.1) is 0 Å². The molecule has 0 atom stereocenters. The van der Waals surface area contributed by atoms with Crippen molar-refractivity contribution in [2.45, 2.75) is 31.7 Å². The number of hydrogen-bond donors (Lipinski definition) is 2. The molecular formula is C25H29N5O2. The maximum atomic E-state index is 13.1. The fraction of sp³-hybridized carbons (Fsp3) is 0.400. The molecule has 1 aliphatic carbocycles. The van der Waals surface area contributed by atoms with Crippen LogP contribution in [0.15, 0.2) is 42.5 Å². The van der Waals surface area contributed by atoms with Gasteiger partial charge in [0.05, 0.1) is 16.7 Å². The normalized spacial score (nSPS) is 18.6. The molecule has 2 aliphatic rings. The summed E-state index contributed by atoms with van der Waals surface area (Å²) in [6, 6.07) is 14.1. The molecule has 7 heteroatoms. The predicted octanol–water partition coefficient (Wildman–Crippen LogP) is 2.63. The smallest absolute Gasteiger partial charge is 0.253 e. The van der Waals surface area contributed by atoms with E-state index in [1.807, 2.05) is 47.8 Å². The van der Waals surface area contributed by atoms with Crippen molar-refractivity contribution in [2.24, 2.45) is 7.05 Å². The van der Waals surface area contributed by atoms with Crippen LogP contribution in [-0.2, 0) is 11.8 Å². The summed E-state index contributed by atoms with van der Waals surface area (Å²) in [5.41, 5.74) is 4.53. The highest BCUT2D eigenvalue weighted by molar-refractivity contribution is 5.95. The topological polar surface area (TPSA) is 79.3 Å². The number of nitrogens with zero attached hydrogens (tertiary/aromatic N) is 3. The third kappa shape index (κ3) is 3.56. The molecule has 1 aliphatic heterocycles. The minimum atomic E-state index is -0.422. The van der Waals surface area contributed by atoms with Gasteiger partial charge in [-0.05, 0) is 61.6 Å². The zero-order valence-corrected chi connectivity index (χ0v) is 18.6. The summed E-state index contributed by atoms with van der Waals surface area (Å²) < 4.78 is 1.89. The molecule has 2 aromatic carbocycles. The Kier molecular flexibility index (Phi) is 5.21. The van der Waals surface area contributed by atoms with E-state index in [1.54, 1.807) is 0 Å². The minimum absolute atomic E-state index is 0.00397. The lowest BCUT2D eigenvalue weighted by atomic mass is 9.76. The molecule has 32 heavy (non-hydrogen) atoms. The van der Waals surface area contributed by atoms with Crippen LogP contribution in [0.3, 0.4) is 0 Å². The van der Waals surface area contributed by atoms with Crippen molar-refractivity contribution in [1.82, 2.24) is 25.3 Å². The van der Waals surface area contributed by atoms with E-state index in [0.717, 1.165) is 47.0 Å². The second-order valence-corrected chi connectivity index (χ2v) is 8.93. The minimum Gasteiger partial charge on any atom is -0.353 e. The third-order valence-corrected chi connectivity index (χ3v) is 6.94. The maximum Gasteiger partial charge on any atom is 0.253 e. The van der Waals surface area contributed by atoms with Crippen LogP contribution in [0.4, 0.5) is 0 Å². The van der Waals surface area contributed by atoms with Gasteiger partial charge < -0.3 is 15.5 Å². The van der Waals surface area contributed by atoms with Gasteiger partial charge in [0, 0.05) is 44.2 Å². The van der Waals surface area contributed by atoms with Crippen LogP contribution >= 0.6 is 0 Å². The summed E-state index contributed by atoms with van der Waals surface area (Å²) >= 11 is 0. The molecule has 2 fully saturated rings. The Hall–Kier alpha value is -3.19. The lowest BCUT2D eigenvalue weighted by molar-refractivity contribution is -0.130. The van der Waals surface area contributed by atoms with Crippen LogP contribution in [0.5, 0.6) is 0 Å². The second-order valence-electron chi connectivity index (χ2n) is 8.93. The highest BCUT2D eigenvalue weighted by Crippen LogP contribution is 2.32. The maximum absolute atomic E-state index is 13.1. The quantitative estimate of drug-likeness (QED) is 0.654. The summed E-state index contributed by atoms with van der Waals surface area (Å²) in [5, 5.41) is 12.0. The zero-order valence-electron chi connectivity index (χ0n) is 18.6. The zero-order chi connectivity index (χ0) is 22.3. The van der Waals surface area contributed by atoms with Crippen LogP contribution in [0.25, 0.3) is 22.0 Å². The van der Waals surface area contributed by atoms with Gasteiger partial charge in [0.15, 0.2) is 0 Å². The van der Waals surface area contributed by atoms with Crippen LogP contribution < -0.4 is 10.6 Å². The van der Waals surface area contributed by atoms with E-state index in [-0.39, 0.29) is 11.8 Å². The number of fused-ring (bicyclic) bond motifs is 1. The van der Waals surface area contributed by atoms with E-state index in [4.69, 9.17) is 0 Å². The molecule has 0 radical (unpaired) electrons. The van der Waals surface area contributed by atoms with Crippen LogP contribution in [0.1, 0.15) is 35.3 Å². The first kappa shape index (κ1) is 20.7. The van der Waals surface area contributed by atoms with Crippen LogP contribution in [-0.4, -0.2) is 58.2 Å². The highest BCUT2D eigenvalue weighted by Gasteiger charge is 2.43. The fourth-order valence-electron chi connectivity index (χ4n) is 4.84. The average molecular weight is 432 g/mol. The lowest BCUT2D eigenvalue weighted by Crippen LogP contribution is -2.61. The third-order valence-electron chi connectivity index (χ3n) is 6.94. The number of carbonyl (C=O) groups is 2. The summed E-state index contributed by atoms with van der Waals surface area (Å²) in [7, 11) is 1.95. The molecule has 0 unspecified atom stereocenters. The first-order valence-corrected chi connectivity index (χ1v) is 11.3. The molecular weight excluding hydrogens is 402 g/mol. The van der Waals surface area contributed by atoms with E-state index >= 15 is 0 Å². The molecule has 1 saturated heterocycles. The first-order valence-electron chi connectivity index (χ1n) is 11.3. The molecule has 1 aromatic heterocycles. The first-order chi connectivity index (χ1) is 15.5. The number of hydrogen-bond acceptors (Lipinski definition) is 4. The van der Waals surface area contributed by atoms with E-state index < -0.39 is 5.54 Å². The van der Waals surface area contributed by atoms with E-state index in [0.29, 0.717) is 31.7 Å². The van der Waals surface area contributed by atoms with Gasteiger partial charge >= 0.3 is 0 Å². The summed E-state index contributed by atoms with van der Waals surface area (Å²) in [6.45, 7) is 4.23. The molecule has 3 aromatic rings. The van der Waals surface area contributed by atoms with Crippen molar-refractivity contribution in [3.05, 3.63) is 53.7 Å². The molecule has 7 nitrogen and oxygen atoms in total. The number of aromatic nitrogens is 2. The van der Waals surface area contributed by atoms with Crippen molar-refractivity contribution >= 4 is 22.7 Å². The van der Waals surface area contributed by atoms with Crippen molar-refractivity contribution in [2.75, 3.05) is 26.2 Å². The number of rotatable bonds is 2. The molecule has 0 bridgehead atoms. The SMILES string of the molecule is Cc1nn(C)c2ccc(-c3ccc(C(=O)N4CCNC(=O)C5(CCC5)NCC4)cc3)cc12. The monoisotopic (exact) mass is 431 g/mol. The van der Waals surface area contributed by atoms with Gasteiger partial charge in [0.25, 0.3) is 5.91 Å². The summed E-state index contributed by atoms with van der Waals surface area (Å²) in [6.07, 6.45) is 2.82. The number of amides is 2. The Labute approximate surface area is 187 Å². The number of aryl methyl sites for hydroxylation is 2. The second kappa shape index (κ2) is 8.06. The molecule has 166 valence electrons. The van der Waals surface area contributed by atoms with Gasteiger partial charge in [-0.3, -0.25) is 14.3 Å². The van der Waals surface area contributed by atoms with Gasteiger partial charge in [-0.25, -0.2) is 0 Å². The van der Waals surface area contributed by atoms with Crippen molar-refractivity contribution in [3.8, 4) is 11.1 Å². The molecule has 2 heterocycles. The van der Waals surface area contributed by atoms with Gasteiger partial charge in [-0.2, -0.15) is 5.10 Å². The molecule has 1 spiro atoms. The summed E-state index contributed by atoms with van der Waals surface area (Å²) in [5.74, 6) is 0.0685. The van der Waals surface area contributed by atoms with Crippen molar-refractivity contribution in [3.63, 3.8) is 0 Å². The standard InChI is InChI=1S/C25H29N5O2/c1-17-21-16-20(8-9-22(21)29(2)28-17)18-4-6-19(7-5-18)23(31)30-14-12-26-24(32)25(10-3-11-25)27-13-15-30/h4-9,16,27H,3,10-15H2,1-2H3,(H,26,32). The van der Waals surface area contributed by atoms with E-state index in [1.165, 1.54) is 0 Å². The fourth-order valence-corrected chi connectivity index (χ4v) is 4.84. The Morgan fingerprint density at radius 3 is 2.47 bits per heavy atom. The van der Waals surface area contributed by atoms with Crippen molar-refractivity contribution in [1.29, 1.82) is 0 Å². The van der Waals surface area contributed by atoms with Crippen LogP contribution in [0, 0.1) is 6.92 Å². The summed E-state index contributed by atoms with van der Waals surface area (Å²) in [4.78, 5) is 27.4. The van der Waals surface area contributed by atoms with E-state index in [2.05, 4.69) is 33.9 Å².